The van der Waals surface area contributed by atoms with Crippen LogP contribution < -0.4 is 11.1 Å². The molecule has 2 nitrogen and oxygen atoms in total. The average molecular weight is 178 g/mol. The van der Waals surface area contributed by atoms with Crippen molar-refractivity contribution in [1.82, 2.24) is 5.32 Å². The number of hydrogen-bond acceptors (Lipinski definition) is 2. The lowest BCUT2D eigenvalue weighted by atomic mass is 9.84. The Hall–Kier alpha value is -0.220. The zero-order valence-corrected chi connectivity index (χ0v) is 7.10. The SMILES string of the molecule is NCC1CNCCC1CC(F)F. The largest absolute Gasteiger partial charge is 0.330 e. The first kappa shape index (κ1) is 9.86. The van der Waals surface area contributed by atoms with Gasteiger partial charge in [-0.2, -0.15) is 0 Å². The van der Waals surface area contributed by atoms with Gasteiger partial charge in [-0.3, -0.25) is 0 Å². The number of nitrogens with two attached hydrogens (primary N) is 1. The number of hydrogen-bond donors (Lipinski definition) is 2. The highest BCUT2D eigenvalue weighted by Gasteiger charge is 2.26. The zero-order valence-electron chi connectivity index (χ0n) is 7.10. The predicted octanol–water partition coefficient (Wildman–Crippen LogP) is 0.826. The van der Waals surface area contributed by atoms with Gasteiger partial charge in [0.05, 0.1) is 0 Å². The molecule has 1 aliphatic rings. The molecule has 12 heavy (non-hydrogen) atoms. The maximum absolute atomic E-state index is 12.1. The van der Waals surface area contributed by atoms with Crippen molar-refractivity contribution in [3.8, 4) is 0 Å². The van der Waals surface area contributed by atoms with Crippen molar-refractivity contribution in [2.24, 2.45) is 17.6 Å². The lowest BCUT2D eigenvalue weighted by Gasteiger charge is -2.30. The quantitative estimate of drug-likeness (QED) is 0.671. The van der Waals surface area contributed by atoms with Crippen molar-refractivity contribution in [2.45, 2.75) is 19.3 Å². The monoisotopic (exact) mass is 178 g/mol. The number of nitrogens with one attached hydrogen (secondary N) is 1. The summed E-state index contributed by atoms with van der Waals surface area (Å²) in [6.07, 6.45) is -1.32. The van der Waals surface area contributed by atoms with Gasteiger partial charge >= 0.3 is 0 Å². The highest BCUT2D eigenvalue weighted by molar-refractivity contribution is 4.78. The molecule has 0 aromatic heterocycles. The third-order valence-electron chi connectivity index (χ3n) is 2.55. The van der Waals surface area contributed by atoms with Crippen molar-refractivity contribution in [3.05, 3.63) is 0 Å². The fraction of sp³-hybridized carbons (Fsp3) is 1.00. The van der Waals surface area contributed by atoms with Crippen molar-refractivity contribution in [3.63, 3.8) is 0 Å². The van der Waals surface area contributed by atoms with Crippen LogP contribution in [0, 0.1) is 11.8 Å². The van der Waals surface area contributed by atoms with Crippen LogP contribution in [0.2, 0.25) is 0 Å². The van der Waals surface area contributed by atoms with Crippen LogP contribution in [0.5, 0.6) is 0 Å². The molecule has 1 saturated heterocycles. The molecular weight excluding hydrogens is 162 g/mol. The third-order valence-corrected chi connectivity index (χ3v) is 2.55. The molecule has 0 saturated carbocycles. The van der Waals surface area contributed by atoms with E-state index in [1.807, 2.05) is 0 Å². The van der Waals surface area contributed by atoms with Crippen molar-refractivity contribution >= 4 is 0 Å². The van der Waals surface area contributed by atoms with E-state index >= 15 is 0 Å². The van der Waals surface area contributed by atoms with Gasteiger partial charge in [0.25, 0.3) is 0 Å². The van der Waals surface area contributed by atoms with E-state index in [9.17, 15) is 8.78 Å². The fourth-order valence-corrected chi connectivity index (χ4v) is 1.79. The van der Waals surface area contributed by atoms with E-state index in [4.69, 9.17) is 5.73 Å². The lowest BCUT2D eigenvalue weighted by Crippen LogP contribution is -2.41. The second kappa shape index (κ2) is 4.72. The van der Waals surface area contributed by atoms with Gasteiger partial charge in [0.15, 0.2) is 0 Å². The summed E-state index contributed by atoms with van der Waals surface area (Å²) < 4.78 is 24.1. The number of rotatable bonds is 3. The Labute approximate surface area is 71.5 Å². The van der Waals surface area contributed by atoms with E-state index in [0.717, 1.165) is 19.5 Å². The lowest BCUT2D eigenvalue weighted by molar-refractivity contribution is 0.0877. The Morgan fingerprint density at radius 2 is 2.17 bits per heavy atom. The summed E-state index contributed by atoms with van der Waals surface area (Å²) in [6, 6.07) is 0. The molecule has 1 rings (SSSR count). The molecule has 0 spiro atoms. The predicted molar refractivity (Wildman–Crippen MR) is 44.1 cm³/mol. The summed E-state index contributed by atoms with van der Waals surface area (Å²) in [5, 5.41) is 3.16. The minimum absolute atomic E-state index is 0.0174. The van der Waals surface area contributed by atoms with Crippen LogP contribution in [0.3, 0.4) is 0 Å². The second-order valence-corrected chi connectivity index (χ2v) is 3.38. The van der Waals surface area contributed by atoms with Crippen molar-refractivity contribution in [2.75, 3.05) is 19.6 Å². The molecule has 2 unspecified atom stereocenters. The maximum atomic E-state index is 12.1. The molecule has 3 N–H and O–H groups in total. The van der Waals surface area contributed by atoms with E-state index in [1.54, 1.807) is 0 Å². The van der Waals surface area contributed by atoms with Gasteiger partial charge < -0.3 is 11.1 Å². The summed E-state index contributed by atoms with van der Waals surface area (Å²) in [5.74, 6) is 0.365. The van der Waals surface area contributed by atoms with Gasteiger partial charge in [0.1, 0.15) is 0 Å². The van der Waals surface area contributed by atoms with Crippen LogP contribution in [-0.2, 0) is 0 Å². The molecule has 0 radical (unpaired) electrons. The van der Waals surface area contributed by atoms with Crippen LogP contribution in [0.1, 0.15) is 12.8 Å². The van der Waals surface area contributed by atoms with Crippen LogP contribution in [0.4, 0.5) is 8.78 Å². The summed E-state index contributed by atoms with van der Waals surface area (Å²) in [5.41, 5.74) is 5.48. The molecule has 72 valence electrons. The molecule has 0 aromatic rings. The minimum Gasteiger partial charge on any atom is -0.330 e. The first-order chi connectivity index (χ1) is 5.74. The molecule has 0 aromatic carbocycles. The summed E-state index contributed by atoms with van der Waals surface area (Å²) in [7, 11) is 0. The topological polar surface area (TPSA) is 38.0 Å². The number of halogens is 2. The Morgan fingerprint density at radius 3 is 2.75 bits per heavy atom. The zero-order chi connectivity index (χ0) is 8.97. The Balaban J connectivity index is 2.36. The number of alkyl halides is 2. The normalized spacial score (nSPS) is 31.0. The van der Waals surface area contributed by atoms with E-state index in [1.165, 1.54) is 0 Å². The third kappa shape index (κ3) is 2.68. The van der Waals surface area contributed by atoms with Gasteiger partial charge in [0, 0.05) is 6.42 Å². The van der Waals surface area contributed by atoms with Crippen LogP contribution in [-0.4, -0.2) is 26.1 Å². The first-order valence-electron chi connectivity index (χ1n) is 4.43. The highest BCUT2D eigenvalue weighted by atomic mass is 19.3. The molecule has 1 fully saturated rings. The molecule has 1 aliphatic heterocycles. The highest BCUT2D eigenvalue weighted by Crippen LogP contribution is 2.24. The van der Waals surface area contributed by atoms with Gasteiger partial charge in [0.2, 0.25) is 6.43 Å². The molecular formula is C8H16F2N2. The van der Waals surface area contributed by atoms with E-state index in [0.29, 0.717) is 6.54 Å². The van der Waals surface area contributed by atoms with Crippen LogP contribution in [0.25, 0.3) is 0 Å². The Morgan fingerprint density at radius 1 is 1.42 bits per heavy atom. The fourth-order valence-electron chi connectivity index (χ4n) is 1.79. The Kier molecular flexibility index (Phi) is 3.88. The van der Waals surface area contributed by atoms with Gasteiger partial charge in [-0.15, -0.1) is 0 Å². The van der Waals surface area contributed by atoms with Gasteiger partial charge in [-0.25, -0.2) is 8.78 Å². The first-order valence-corrected chi connectivity index (χ1v) is 4.43. The van der Waals surface area contributed by atoms with Crippen molar-refractivity contribution in [1.29, 1.82) is 0 Å². The molecule has 0 amide bonds. The summed E-state index contributed by atoms with van der Waals surface area (Å²) >= 11 is 0. The standard InChI is InChI=1S/C8H16F2N2/c9-8(10)3-6-1-2-12-5-7(6)4-11/h6-8,12H,1-5,11H2. The summed E-state index contributed by atoms with van der Waals surface area (Å²) in [4.78, 5) is 0. The van der Waals surface area contributed by atoms with Gasteiger partial charge in [-0.05, 0) is 37.9 Å². The summed E-state index contributed by atoms with van der Waals surface area (Å²) in [6.45, 7) is 2.17. The van der Waals surface area contributed by atoms with E-state index in [-0.39, 0.29) is 18.3 Å². The van der Waals surface area contributed by atoms with Crippen molar-refractivity contribution < 1.29 is 8.78 Å². The molecule has 0 bridgehead atoms. The van der Waals surface area contributed by atoms with E-state index < -0.39 is 6.43 Å². The second-order valence-electron chi connectivity index (χ2n) is 3.38. The number of piperidine rings is 1. The van der Waals surface area contributed by atoms with E-state index in [2.05, 4.69) is 5.32 Å². The Bertz CT molecular complexity index is 130. The molecule has 4 heteroatoms. The van der Waals surface area contributed by atoms with Crippen LogP contribution in [0.15, 0.2) is 0 Å². The average Bonchev–Trinajstić information content (AvgIpc) is 2.04. The van der Waals surface area contributed by atoms with Crippen LogP contribution >= 0.6 is 0 Å². The molecule has 2 atom stereocenters. The maximum Gasteiger partial charge on any atom is 0.238 e. The molecule has 1 heterocycles. The molecule has 0 aliphatic carbocycles. The van der Waals surface area contributed by atoms with Gasteiger partial charge in [-0.1, -0.05) is 0 Å². The minimum atomic E-state index is -2.18. The smallest absolute Gasteiger partial charge is 0.238 e.